The summed E-state index contributed by atoms with van der Waals surface area (Å²) in [5, 5.41) is 3.92. The Morgan fingerprint density at radius 3 is 2.71 bits per heavy atom. The molecule has 4 rings (SSSR count). The zero-order valence-corrected chi connectivity index (χ0v) is 16.5. The van der Waals surface area contributed by atoms with Gasteiger partial charge in [0.05, 0.1) is 5.69 Å². The second kappa shape index (κ2) is 7.37. The molecule has 0 bridgehead atoms. The molecule has 2 fully saturated rings. The molecule has 4 heterocycles. The zero-order chi connectivity index (χ0) is 19.7. The van der Waals surface area contributed by atoms with E-state index in [0.29, 0.717) is 43.1 Å². The highest BCUT2D eigenvalue weighted by Crippen LogP contribution is 2.40. The van der Waals surface area contributed by atoms with Crippen LogP contribution in [0.1, 0.15) is 53.1 Å². The fraction of sp³-hybridized carbons (Fsp3) is 0.524. The van der Waals surface area contributed by atoms with Crippen LogP contribution in [0.2, 0.25) is 0 Å². The van der Waals surface area contributed by atoms with Gasteiger partial charge in [-0.3, -0.25) is 14.6 Å². The predicted molar refractivity (Wildman–Crippen MR) is 102 cm³/mol. The lowest BCUT2D eigenvalue weighted by Gasteiger charge is -2.48. The second-order valence-corrected chi connectivity index (χ2v) is 8.13. The van der Waals surface area contributed by atoms with Crippen molar-refractivity contribution in [1.82, 2.24) is 19.9 Å². The molecule has 2 aliphatic rings. The Labute approximate surface area is 164 Å². The summed E-state index contributed by atoms with van der Waals surface area (Å²) in [6, 6.07) is 3.89. The van der Waals surface area contributed by atoms with Gasteiger partial charge in [0, 0.05) is 50.4 Å². The minimum absolute atomic E-state index is 0.00657. The molecule has 7 nitrogen and oxygen atoms in total. The van der Waals surface area contributed by atoms with Crippen LogP contribution < -0.4 is 0 Å². The van der Waals surface area contributed by atoms with E-state index in [1.165, 1.54) is 0 Å². The molecule has 0 aromatic carbocycles. The third-order valence-corrected chi connectivity index (χ3v) is 6.07. The molecule has 1 spiro atoms. The molecule has 2 amide bonds. The Morgan fingerprint density at radius 2 is 2.00 bits per heavy atom. The number of likely N-dealkylation sites (tertiary alicyclic amines) is 2. The highest BCUT2D eigenvalue weighted by molar-refractivity contribution is 5.96. The van der Waals surface area contributed by atoms with E-state index in [1.807, 2.05) is 21.9 Å². The summed E-state index contributed by atoms with van der Waals surface area (Å²) in [7, 11) is 0. The van der Waals surface area contributed by atoms with Gasteiger partial charge in [0.25, 0.3) is 5.91 Å². The van der Waals surface area contributed by atoms with Gasteiger partial charge in [-0.25, -0.2) is 0 Å². The summed E-state index contributed by atoms with van der Waals surface area (Å²) < 4.78 is 5.19. The summed E-state index contributed by atoms with van der Waals surface area (Å²) >= 11 is 0. The van der Waals surface area contributed by atoms with Crippen LogP contribution in [-0.4, -0.2) is 51.4 Å². The van der Waals surface area contributed by atoms with E-state index in [9.17, 15) is 9.59 Å². The van der Waals surface area contributed by atoms with E-state index >= 15 is 0 Å². The van der Waals surface area contributed by atoms with Gasteiger partial charge in [-0.05, 0) is 50.8 Å². The van der Waals surface area contributed by atoms with Crippen LogP contribution >= 0.6 is 0 Å². The predicted octanol–water partition coefficient (Wildman–Crippen LogP) is 2.73. The summed E-state index contributed by atoms with van der Waals surface area (Å²) in [4.78, 5) is 33.6. The van der Waals surface area contributed by atoms with Crippen LogP contribution in [0.25, 0.3) is 0 Å². The molecule has 0 aliphatic carbocycles. The molecule has 2 saturated heterocycles. The van der Waals surface area contributed by atoms with Crippen LogP contribution in [0.4, 0.5) is 0 Å². The lowest BCUT2D eigenvalue weighted by molar-refractivity contribution is -0.139. The highest BCUT2D eigenvalue weighted by Gasteiger charge is 2.43. The Kier molecular flexibility index (Phi) is 4.91. The van der Waals surface area contributed by atoms with Gasteiger partial charge in [-0.2, -0.15) is 0 Å². The van der Waals surface area contributed by atoms with E-state index in [-0.39, 0.29) is 17.2 Å². The van der Waals surface area contributed by atoms with Crippen molar-refractivity contribution >= 4 is 11.8 Å². The first-order chi connectivity index (χ1) is 13.5. The maximum absolute atomic E-state index is 13.1. The van der Waals surface area contributed by atoms with Crippen molar-refractivity contribution < 1.29 is 14.1 Å². The second-order valence-electron chi connectivity index (χ2n) is 8.13. The van der Waals surface area contributed by atoms with Crippen molar-refractivity contribution in [2.75, 3.05) is 19.6 Å². The average molecular weight is 382 g/mol. The molecule has 2 aromatic heterocycles. The maximum atomic E-state index is 13.1. The first-order valence-corrected chi connectivity index (χ1v) is 9.86. The Morgan fingerprint density at radius 1 is 1.21 bits per heavy atom. The number of aromatic nitrogens is 2. The van der Waals surface area contributed by atoms with Gasteiger partial charge in [0.1, 0.15) is 11.3 Å². The molecule has 28 heavy (non-hydrogen) atoms. The maximum Gasteiger partial charge on any atom is 0.259 e. The standard InChI is InChI=1S/C21H26N4O3/c1-15-19(16(2)28-23-15)20(27)24-11-3-7-21(13-24)8-4-18(26)25(14-21)12-17-5-9-22-10-6-17/h5-6,9-10H,3-4,7-8,11-14H2,1-2H3/t21-/m0/s1. The van der Waals surface area contributed by atoms with Crippen LogP contribution in [-0.2, 0) is 11.3 Å². The topological polar surface area (TPSA) is 79.5 Å². The van der Waals surface area contributed by atoms with Crippen molar-refractivity contribution in [1.29, 1.82) is 0 Å². The molecule has 2 aromatic rings. The number of amides is 2. The molecule has 7 heteroatoms. The van der Waals surface area contributed by atoms with Crippen LogP contribution in [0.3, 0.4) is 0 Å². The van der Waals surface area contributed by atoms with Gasteiger partial charge in [-0.15, -0.1) is 0 Å². The number of pyridine rings is 1. The molecular weight excluding hydrogens is 356 g/mol. The van der Waals surface area contributed by atoms with Gasteiger partial charge < -0.3 is 14.3 Å². The minimum Gasteiger partial charge on any atom is -0.361 e. The number of nitrogens with zero attached hydrogens (tertiary/aromatic N) is 4. The van der Waals surface area contributed by atoms with E-state index in [1.54, 1.807) is 26.2 Å². The lowest BCUT2D eigenvalue weighted by Crippen LogP contribution is -2.54. The Hall–Kier alpha value is -2.70. The smallest absolute Gasteiger partial charge is 0.259 e. The van der Waals surface area contributed by atoms with Gasteiger partial charge >= 0.3 is 0 Å². The van der Waals surface area contributed by atoms with E-state index in [0.717, 1.165) is 31.4 Å². The Bertz CT molecular complexity index is 860. The molecule has 0 saturated carbocycles. The molecule has 0 unspecified atom stereocenters. The number of carbonyl (C=O) groups excluding carboxylic acids is 2. The molecule has 0 N–H and O–H groups in total. The molecular formula is C21H26N4O3. The van der Waals surface area contributed by atoms with E-state index in [2.05, 4.69) is 10.1 Å². The molecule has 2 aliphatic heterocycles. The van der Waals surface area contributed by atoms with Gasteiger partial charge in [0.2, 0.25) is 5.91 Å². The average Bonchev–Trinajstić information content (AvgIpc) is 3.03. The summed E-state index contributed by atoms with van der Waals surface area (Å²) in [5.41, 5.74) is 2.27. The largest absolute Gasteiger partial charge is 0.361 e. The number of piperidine rings is 2. The fourth-order valence-electron chi connectivity index (χ4n) is 4.62. The van der Waals surface area contributed by atoms with Gasteiger partial charge in [-0.1, -0.05) is 5.16 Å². The van der Waals surface area contributed by atoms with Crippen molar-refractivity contribution in [3.8, 4) is 0 Å². The zero-order valence-electron chi connectivity index (χ0n) is 16.5. The number of carbonyl (C=O) groups is 2. The van der Waals surface area contributed by atoms with Crippen molar-refractivity contribution in [2.45, 2.75) is 46.1 Å². The monoisotopic (exact) mass is 382 g/mol. The third kappa shape index (κ3) is 3.53. The summed E-state index contributed by atoms with van der Waals surface area (Å²) in [6.07, 6.45) is 6.88. The van der Waals surface area contributed by atoms with Crippen LogP contribution in [0.15, 0.2) is 29.0 Å². The highest BCUT2D eigenvalue weighted by atomic mass is 16.5. The SMILES string of the molecule is Cc1noc(C)c1C(=O)N1CCC[C@]2(CCC(=O)N(Cc3ccncc3)C2)C1. The molecule has 148 valence electrons. The van der Waals surface area contributed by atoms with Gasteiger partial charge in [0.15, 0.2) is 0 Å². The third-order valence-electron chi connectivity index (χ3n) is 6.07. The first-order valence-electron chi connectivity index (χ1n) is 9.86. The summed E-state index contributed by atoms with van der Waals surface area (Å²) in [5.74, 6) is 0.754. The first kappa shape index (κ1) is 18.7. The van der Waals surface area contributed by atoms with Crippen LogP contribution in [0.5, 0.6) is 0 Å². The molecule has 1 atom stereocenters. The Balaban J connectivity index is 1.51. The lowest BCUT2D eigenvalue weighted by atomic mass is 9.73. The molecule has 0 radical (unpaired) electrons. The van der Waals surface area contributed by atoms with E-state index < -0.39 is 0 Å². The van der Waals surface area contributed by atoms with E-state index in [4.69, 9.17) is 4.52 Å². The number of rotatable bonds is 3. The normalized spacial score (nSPS) is 22.7. The van der Waals surface area contributed by atoms with Crippen molar-refractivity contribution in [2.24, 2.45) is 5.41 Å². The van der Waals surface area contributed by atoms with Crippen molar-refractivity contribution in [3.63, 3.8) is 0 Å². The summed E-state index contributed by atoms with van der Waals surface area (Å²) in [6.45, 7) is 6.29. The van der Waals surface area contributed by atoms with Crippen LogP contribution in [0, 0.1) is 19.3 Å². The number of aryl methyl sites for hydroxylation is 2. The minimum atomic E-state index is -0.0339. The fourth-order valence-corrected chi connectivity index (χ4v) is 4.62. The van der Waals surface area contributed by atoms with Crippen molar-refractivity contribution in [3.05, 3.63) is 47.1 Å². The number of hydrogen-bond donors (Lipinski definition) is 0. The quantitative estimate of drug-likeness (QED) is 0.815. The number of hydrogen-bond acceptors (Lipinski definition) is 5.